The van der Waals surface area contributed by atoms with Gasteiger partial charge in [-0.3, -0.25) is 29.4 Å². The number of halogens is 1. The van der Waals surface area contributed by atoms with Crippen molar-refractivity contribution in [2.24, 2.45) is 0 Å². The molecule has 3 aromatic carbocycles. The topological polar surface area (TPSA) is 99.0 Å². The summed E-state index contributed by atoms with van der Waals surface area (Å²) in [5.74, 6) is -2.19. The number of rotatable bonds is 7. The smallest absolute Gasteiger partial charge is 0.266 e. The van der Waals surface area contributed by atoms with E-state index in [1.807, 2.05) is 24.3 Å². The lowest BCUT2D eigenvalue weighted by atomic mass is 10.0. The Balaban J connectivity index is 1.08. The highest BCUT2D eigenvalue weighted by molar-refractivity contribution is 6.24. The molecule has 41 heavy (non-hydrogen) atoms. The molecule has 1 fully saturated rings. The molecule has 4 amide bonds. The Labute approximate surface area is 235 Å². The number of ether oxygens (including phenoxy) is 1. The zero-order valence-electron chi connectivity index (χ0n) is 22.2. The largest absolute Gasteiger partial charge is 0.488 e. The highest BCUT2D eigenvalue weighted by Gasteiger charge is 2.46. The van der Waals surface area contributed by atoms with Crippen molar-refractivity contribution in [3.63, 3.8) is 0 Å². The molecule has 3 aliphatic rings. The minimum Gasteiger partial charge on any atom is -0.488 e. The maximum Gasteiger partial charge on any atom is 0.266 e. The van der Waals surface area contributed by atoms with E-state index in [-0.39, 0.29) is 42.1 Å². The minimum absolute atomic E-state index is 0.0629. The average molecular weight is 556 g/mol. The second-order valence-electron chi connectivity index (χ2n) is 10.3. The monoisotopic (exact) mass is 555 g/mol. The lowest BCUT2D eigenvalue weighted by molar-refractivity contribution is -0.540. The first-order chi connectivity index (χ1) is 19.9. The lowest BCUT2D eigenvalue weighted by Crippen LogP contribution is -2.54. The van der Waals surface area contributed by atoms with Crippen LogP contribution in [-0.2, 0) is 22.7 Å². The lowest BCUT2D eigenvalue weighted by Gasteiger charge is -2.27. The van der Waals surface area contributed by atoms with Crippen LogP contribution >= 0.6 is 0 Å². The molecule has 1 atom stereocenters. The van der Waals surface area contributed by atoms with E-state index in [0.29, 0.717) is 0 Å². The van der Waals surface area contributed by atoms with Gasteiger partial charge < -0.3 is 9.64 Å². The van der Waals surface area contributed by atoms with E-state index in [4.69, 9.17) is 4.74 Å². The molecule has 0 radical (unpaired) electrons. The molecule has 0 aliphatic carbocycles. The van der Waals surface area contributed by atoms with E-state index in [2.05, 4.69) is 21.0 Å². The SMILES string of the molecule is O=C1CCC(N2C(=O)c3cccc(OCc4ccc(C[N+]5=CCN(c6ccc(F)cc6)CC5)cc4)c3C2=O)C(=O)N1. The fraction of sp³-hybridized carbons (Fsp3) is 0.258. The van der Waals surface area contributed by atoms with E-state index >= 15 is 0 Å². The van der Waals surface area contributed by atoms with Gasteiger partial charge in [-0.1, -0.05) is 30.3 Å². The van der Waals surface area contributed by atoms with Crippen molar-refractivity contribution in [2.75, 3.05) is 24.5 Å². The third-order valence-corrected chi connectivity index (χ3v) is 7.64. The molecule has 10 heteroatoms. The van der Waals surface area contributed by atoms with Crippen molar-refractivity contribution >= 4 is 35.5 Å². The van der Waals surface area contributed by atoms with Gasteiger partial charge in [0.1, 0.15) is 24.2 Å². The third-order valence-electron chi connectivity index (χ3n) is 7.64. The summed E-state index contributed by atoms with van der Waals surface area (Å²) in [6.07, 6.45) is 2.31. The van der Waals surface area contributed by atoms with E-state index in [0.717, 1.165) is 47.9 Å². The Morgan fingerprint density at radius 3 is 2.39 bits per heavy atom. The van der Waals surface area contributed by atoms with Crippen LogP contribution in [0, 0.1) is 5.82 Å². The van der Waals surface area contributed by atoms with E-state index in [1.165, 1.54) is 12.1 Å². The summed E-state index contributed by atoms with van der Waals surface area (Å²) in [6.45, 7) is 3.40. The molecule has 1 N–H and O–H groups in total. The molecule has 1 saturated heterocycles. The molecule has 6 rings (SSSR count). The van der Waals surface area contributed by atoms with Crippen molar-refractivity contribution in [1.29, 1.82) is 0 Å². The molecular weight excluding hydrogens is 527 g/mol. The van der Waals surface area contributed by atoms with Gasteiger partial charge in [-0.05, 0) is 48.4 Å². The van der Waals surface area contributed by atoms with Crippen molar-refractivity contribution in [1.82, 2.24) is 10.2 Å². The summed E-state index contributed by atoms with van der Waals surface area (Å²) >= 11 is 0. The summed E-state index contributed by atoms with van der Waals surface area (Å²) in [6, 6.07) is 18.3. The average Bonchev–Trinajstić information content (AvgIpc) is 3.23. The Morgan fingerprint density at radius 1 is 0.927 bits per heavy atom. The molecule has 1 unspecified atom stereocenters. The van der Waals surface area contributed by atoms with Gasteiger partial charge >= 0.3 is 0 Å². The summed E-state index contributed by atoms with van der Waals surface area (Å²) in [5, 5.41) is 2.20. The maximum absolute atomic E-state index is 13.2. The number of imide groups is 2. The van der Waals surface area contributed by atoms with Crippen molar-refractivity contribution in [3.05, 3.63) is 94.8 Å². The number of hydrogen-bond donors (Lipinski definition) is 1. The molecule has 3 aromatic rings. The quantitative estimate of drug-likeness (QED) is 0.356. The summed E-state index contributed by atoms with van der Waals surface area (Å²) < 4.78 is 21.5. The number of anilines is 1. The Bertz CT molecular complexity index is 1570. The number of benzene rings is 3. The Hall–Kier alpha value is -4.86. The van der Waals surface area contributed by atoms with E-state index in [9.17, 15) is 23.6 Å². The first-order valence-electron chi connectivity index (χ1n) is 13.5. The van der Waals surface area contributed by atoms with Crippen LogP contribution in [0.15, 0.2) is 66.7 Å². The third kappa shape index (κ3) is 5.32. The van der Waals surface area contributed by atoms with Gasteiger partial charge in [0.25, 0.3) is 11.8 Å². The predicted octanol–water partition coefficient (Wildman–Crippen LogP) is 2.91. The Morgan fingerprint density at radius 2 is 1.68 bits per heavy atom. The predicted molar refractivity (Wildman–Crippen MR) is 147 cm³/mol. The van der Waals surface area contributed by atoms with Crippen LogP contribution in [0.5, 0.6) is 5.75 Å². The number of nitrogens with one attached hydrogen (secondary N) is 1. The van der Waals surface area contributed by atoms with Gasteiger partial charge in [-0.15, -0.1) is 0 Å². The number of amides is 4. The highest BCUT2D eigenvalue weighted by atomic mass is 19.1. The van der Waals surface area contributed by atoms with Gasteiger partial charge in [0.05, 0.1) is 24.2 Å². The number of carbonyl (C=O) groups excluding carboxylic acids is 4. The summed E-state index contributed by atoms with van der Waals surface area (Å²) in [4.78, 5) is 53.3. The van der Waals surface area contributed by atoms with E-state index < -0.39 is 29.7 Å². The van der Waals surface area contributed by atoms with Crippen LogP contribution < -0.4 is 15.0 Å². The van der Waals surface area contributed by atoms with Crippen LogP contribution in [0.1, 0.15) is 44.7 Å². The molecule has 3 heterocycles. The van der Waals surface area contributed by atoms with Crippen molar-refractivity contribution < 1.29 is 32.9 Å². The van der Waals surface area contributed by atoms with Crippen molar-refractivity contribution in [3.8, 4) is 5.75 Å². The van der Waals surface area contributed by atoms with Crippen LogP contribution in [0.3, 0.4) is 0 Å². The van der Waals surface area contributed by atoms with Gasteiger partial charge in [0, 0.05) is 17.7 Å². The zero-order chi connectivity index (χ0) is 28.5. The van der Waals surface area contributed by atoms with Crippen molar-refractivity contribution in [2.45, 2.75) is 32.0 Å². The standard InChI is InChI=1S/C31H27FN4O5/c32-22-8-10-23(11-9-22)35-16-14-34(15-17-35)18-20-4-6-21(7-5-20)19-41-26-3-1-2-24-28(26)31(40)36(30(24)39)25-12-13-27(37)33-29(25)38/h1-11,14,25H,12-13,15-19H2/p+1. The van der Waals surface area contributed by atoms with Crippen LogP contribution in [0.2, 0.25) is 0 Å². The molecule has 0 saturated carbocycles. The molecule has 0 spiro atoms. The number of fused-ring (bicyclic) bond motifs is 1. The first-order valence-corrected chi connectivity index (χ1v) is 13.5. The molecule has 0 bridgehead atoms. The molecule has 9 nitrogen and oxygen atoms in total. The van der Waals surface area contributed by atoms with Crippen LogP contribution in [0.4, 0.5) is 10.1 Å². The Kier molecular flexibility index (Phi) is 7.05. The molecular formula is C31H28FN4O5+. The summed E-state index contributed by atoms with van der Waals surface area (Å²) in [7, 11) is 0. The van der Waals surface area contributed by atoms with Gasteiger partial charge in [0.2, 0.25) is 11.8 Å². The second-order valence-corrected chi connectivity index (χ2v) is 10.3. The maximum atomic E-state index is 13.2. The number of carbonyl (C=O) groups is 4. The minimum atomic E-state index is -1.02. The van der Waals surface area contributed by atoms with Gasteiger partial charge in [-0.2, -0.15) is 0 Å². The second kappa shape index (κ2) is 11.0. The highest BCUT2D eigenvalue weighted by Crippen LogP contribution is 2.34. The van der Waals surface area contributed by atoms with E-state index in [1.54, 1.807) is 30.3 Å². The first kappa shape index (κ1) is 26.4. The van der Waals surface area contributed by atoms with Gasteiger partial charge in [0.15, 0.2) is 19.3 Å². The molecule has 3 aliphatic heterocycles. The molecule has 0 aromatic heterocycles. The van der Waals surface area contributed by atoms with Gasteiger partial charge in [-0.25, -0.2) is 8.97 Å². The fourth-order valence-electron chi connectivity index (χ4n) is 5.42. The number of hydrogen-bond acceptors (Lipinski definition) is 6. The molecule has 208 valence electrons. The van der Waals surface area contributed by atoms with Crippen LogP contribution in [-0.4, -0.2) is 65.0 Å². The number of piperidine rings is 1. The zero-order valence-corrected chi connectivity index (χ0v) is 22.2. The number of nitrogens with zero attached hydrogens (tertiary/aromatic N) is 3. The normalized spacial score (nSPS) is 18.8. The summed E-state index contributed by atoms with van der Waals surface area (Å²) in [5.41, 5.74) is 3.36. The van der Waals surface area contributed by atoms with Crippen LogP contribution in [0.25, 0.3) is 0 Å². The fourth-order valence-corrected chi connectivity index (χ4v) is 5.42.